The molecule has 0 spiro atoms. The molecule has 0 bridgehead atoms. The molecule has 2 aromatic rings. The van der Waals surface area contributed by atoms with Crippen molar-refractivity contribution in [2.24, 2.45) is 0 Å². The lowest BCUT2D eigenvalue weighted by molar-refractivity contribution is 0.00578. The third-order valence-electron chi connectivity index (χ3n) is 8.72. The van der Waals surface area contributed by atoms with Crippen LogP contribution in [0.5, 0.6) is 5.75 Å². The molecule has 3 heterocycles. The number of benzene rings is 1. The fourth-order valence-corrected chi connectivity index (χ4v) is 5.57. The number of fused-ring (bicyclic) bond motifs is 1. The summed E-state index contributed by atoms with van der Waals surface area (Å²) >= 11 is 0. The summed E-state index contributed by atoms with van der Waals surface area (Å²) in [6, 6.07) is 9.89. The van der Waals surface area contributed by atoms with Gasteiger partial charge in [-0.05, 0) is 95.4 Å². The van der Waals surface area contributed by atoms with Crippen molar-refractivity contribution in [2.45, 2.75) is 104 Å². The van der Waals surface area contributed by atoms with Crippen molar-refractivity contribution in [3.05, 3.63) is 41.6 Å². The van der Waals surface area contributed by atoms with Gasteiger partial charge in [0.05, 0.1) is 16.8 Å². The van der Waals surface area contributed by atoms with E-state index in [4.69, 9.17) is 13.7 Å². The lowest BCUT2D eigenvalue weighted by Crippen LogP contribution is -2.43. The number of amides is 1. The van der Waals surface area contributed by atoms with Crippen LogP contribution in [0.4, 0.5) is 5.69 Å². The van der Waals surface area contributed by atoms with E-state index >= 15 is 0 Å². The van der Waals surface area contributed by atoms with E-state index in [-0.39, 0.29) is 10.9 Å². The number of rotatable bonds is 5. The number of aromatic nitrogens is 1. The minimum atomic E-state index is -1.92. The maximum atomic E-state index is 13.8. The van der Waals surface area contributed by atoms with E-state index in [1.165, 1.54) is 0 Å². The van der Waals surface area contributed by atoms with E-state index in [9.17, 15) is 4.79 Å². The second-order valence-corrected chi connectivity index (χ2v) is 17.6. The molecule has 0 unspecified atom stereocenters. The van der Waals surface area contributed by atoms with Crippen LogP contribution in [0, 0.1) is 0 Å². The topological polar surface area (TPSA) is 52.9 Å². The van der Waals surface area contributed by atoms with Gasteiger partial charge < -0.3 is 23.2 Å². The fourth-order valence-electron chi connectivity index (χ4n) is 4.53. The molecule has 6 nitrogen and oxygen atoms in total. The van der Waals surface area contributed by atoms with Crippen LogP contribution in [0.3, 0.4) is 0 Å². The first kappa shape index (κ1) is 27.0. The maximum absolute atomic E-state index is 13.8. The van der Waals surface area contributed by atoms with Gasteiger partial charge in [0.1, 0.15) is 5.75 Å². The molecule has 1 saturated heterocycles. The quantitative estimate of drug-likeness (QED) is 0.479. The van der Waals surface area contributed by atoms with Gasteiger partial charge in [-0.25, -0.2) is 0 Å². The Morgan fingerprint density at radius 3 is 2.19 bits per heavy atom. The average Bonchev–Trinajstić information content (AvgIpc) is 3.26. The van der Waals surface area contributed by atoms with E-state index in [2.05, 4.69) is 66.1 Å². The molecule has 36 heavy (non-hydrogen) atoms. The smallest absolute Gasteiger partial charge is 0.512 e. The Bertz CT molecular complexity index is 1120. The minimum absolute atomic E-state index is 0.0125. The van der Waals surface area contributed by atoms with Gasteiger partial charge in [0, 0.05) is 30.6 Å². The molecule has 2 aliphatic heterocycles. The zero-order valence-corrected chi connectivity index (χ0v) is 24.8. The van der Waals surface area contributed by atoms with Crippen molar-refractivity contribution < 1.29 is 18.5 Å². The monoisotopic (exact) mass is 510 g/mol. The average molecular weight is 511 g/mol. The summed E-state index contributed by atoms with van der Waals surface area (Å²) < 4.78 is 21.4. The Balaban J connectivity index is 1.59. The third kappa shape index (κ3) is 4.80. The Kier molecular flexibility index (Phi) is 6.80. The molecule has 0 saturated carbocycles. The van der Waals surface area contributed by atoms with Crippen LogP contribution in [0.2, 0.25) is 18.1 Å². The zero-order chi connectivity index (χ0) is 26.7. The Morgan fingerprint density at radius 1 is 1.06 bits per heavy atom. The molecule has 4 rings (SSSR count). The zero-order valence-electron chi connectivity index (χ0n) is 23.8. The molecular weight excluding hydrogens is 467 g/mol. The summed E-state index contributed by atoms with van der Waals surface area (Å²) in [5, 5.41) is 0.127. The Hall–Kier alpha value is -2.03. The summed E-state index contributed by atoms with van der Waals surface area (Å²) in [5.41, 5.74) is 2.76. The van der Waals surface area contributed by atoms with Crippen LogP contribution in [0.15, 0.2) is 30.3 Å². The van der Waals surface area contributed by atoms with Gasteiger partial charge in [-0.3, -0.25) is 4.79 Å². The fraction of sp³-hybridized carbons (Fsp3) is 0.607. The van der Waals surface area contributed by atoms with Crippen LogP contribution in [0.1, 0.15) is 77.4 Å². The van der Waals surface area contributed by atoms with E-state index in [0.29, 0.717) is 0 Å². The van der Waals surface area contributed by atoms with Gasteiger partial charge in [-0.15, -0.1) is 0 Å². The number of hydrogen-bond donors (Lipinski definition) is 0. The highest BCUT2D eigenvalue weighted by Gasteiger charge is 2.53. The molecule has 1 amide bonds. The van der Waals surface area contributed by atoms with Gasteiger partial charge in [0.25, 0.3) is 5.91 Å². The number of anilines is 1. The molecule has 0 aliphatic carbocycles. The van der Waals surface area contributed by atoms with Gasteiger partial charge in [0.2, 0.25) is 8.32 Å². The second kappa shape index (κ2) is 9.07. The van der Waals surface area contributed by atoms with Crippen LogP contribution in [-0.4, -0.2) is 44.2 Å². The normalized spacial score (nSPS) is 19.2. The molecule has 1 aromatic carbocycles. The Labute approximate surface area is 218 Å². The molecule has 0 radical (unpaired) electrons. The van der Waals surface area contributed by atoms with Crippen molar-refractivity contribution >= 4 is 32.6 Å². The number of hydrogen-bond acceptors (Lipinski definition) is 4. The predicted molar refractivity (Wildman–Crippen MR) is 150 cm³/mol. The first-order chi connectivity index (χ1) is 16.5. The van der Waals surface area contributed by atoms with Crippen LogP contribution >= 0.6 is 0 Å². The standard InChI is InChI=1S/C28H43BN2O4Si/c1-26(2,3)36(9,10)33-21-16-14-20(15-17-21)30(8)25(32)22-19-24(31-18-12-11-13-23(22)31)29-34-27(4,5)28(6,7)35-29/h14-17,19H,11-13,18H2,1-10H3. The summed E-state index contributed by atoms with van der Waals surface area (Å²) in [6.45, 7) is 20.3. The highest BCUT2D eigenvalue weighted by Crippen LogP contribution is 2.38. The first-order valence-electron chi connectivity index (χ1n) is 13.2. The van der Waals surface area contributed by atoms with E-state index in [1.807, 2.05) is 37.4 Å². The number of carbonyl (C=O) groups is 1. The van der Waals surface area contributed by atoms with Crippen molar-refractivity contribution in [1.82, 2.24) is 4.57 Å². The molecule has 1 fully saturated rings. The molecule has 2 aliphatic rings. The third-order valence-corrected chi connectivity index (χ3v) is 13.1. The molecular formula is C28H43BN2O4Si. The highest BCUT2D eigenvalue weighted by molar-refractivity contribution is 6.74. The largest absolute Gasteiger partial charge is 0.544 e. The number of carbonyl (C=O) groups excluding carboxylic acids is 1. The van der Waals surface area contributed by atoms with Crippen LogP contribution < -0.4 is 14.9 Å². The summed E-state index contributed by atoms with van der Waals surface area (Å²) in [5.74, 6) is 0.844. The van der Waals surface area contributed by atoms with Crippen molar-refractivity contribution in [1.29, 1.82) is 0 Å². The summed E-state index contributed by atoms with van der Waals surface area (Å²) in [4.78, 5) is 15.5. The Morgan fingerprint density at radius 2 is 1.64 bits per heavy atom. The molecule has 8 heteroatoms. The molecule has 0 atom stereocenters. The SMILES string of the molecule is CN(C(=O)c1cc(B2OC(C)(C)C(C)(C)O2)n2c1CCCC2)c1ccc(O[Si](C)(C)C(C)(C)C)cc1. The highest BCUT2D eigenvalue weighted by atomic mass is 28.4. The lowest BCUT2D eigenvalue weighted by Gasteiger charge is -2.36. The summed E-state index contributed by atoms with van der Waals surface area (Å²) in [6.07, 6.45) is 3.05. The summed E-state index contributed by atoms with van der Waals surface area (Å²) in [7, 11) is -0.560. The van der Waals surface area contributed by atoms with E-state index < -0.39 is 26.6 Å². The first-order valence-corrected chi connectivity index (χ1v) is 16.1. The number of nitrogens with zero attached hydrogens (tertiary/aromatic N) is 2. The van der Waals surface area contributed by atoms with Gasteiger partial charge in [-0.2, -0.15) is 0 Å². The van der Waals surface area contributed by atoms with Gasteiger partial charge in [0.15, 0.2) is 0 Å². The van der Waals surface area contributed by atoms with Gasteiger partial charge >= 0.3 is 7.12 Å². The minimum Gasteiger partial charge on any atom is -0.544 e. The van der Waals surface area contributed by atoms with E-state index in [1.54, 1.807) is 4.90 Å². The molecule has 0 N–H and O–H groups in total. The molecule has 196 valence electrons. The predicted octanol–water partition coefficient (Wildman–Crippen LogP) is 5.78. The van der Waals surface area contributed by atoms with Crippen LogP contribution in [-0.2, 0) is 22.3 Å². The van der Waals surface area contributed by atoms with Crippen molar-refractivity contribution in [2.75, 3.05) is 11.9 Å². The van der Waals surface area contributed by atoms with Crippen LogP contribution in [0.25, 0.3) is 0 Å². The maximum Gasteiger partial charge on any atom is 0.512 e. The van der Waals surface area contributed by atoms with E-state index in [0.717, 1.165) is 54.1 Å². The second-order valence-electron chi connectivity index (χ2n) is 12.8. The van der Waals surface area contributed by atoms with Gasteiger partial charge in [-0.1, -0.05) is 20.8 Å². The van der Waals surface area contributed by atoms with Crippen molar-refractivity contribution in [3.8, 4) is 5.75 Å². The molecule has 1 aromatic heterocycles. The van der Waals surface area contributed by atoms with Crippen molar-refractivity contribution in [3.63, 3.8) is 0 Å². The lowest BCUT2D eigenvalue weighted by atomic mass is 9.84.